The standard InChI is InChI=1S/C25H30N2O4/c1-4-5-6-19-9-13-22(14-10-19)27-16-20(15-23(27)28)25(30)31-18(3)24(29)26-21-11-7-17(2)8-12-21/h7-14,18,20H,4-6,15-16H2,1-3H3,(H,26,29)/t18-,20-/m0/s1. The van der Waals surface area contributed by atoms with E-state index in [2.05, 4.69) is 12.2 Å². The molecule has 1 aliphatic heterocycles. The third kappa shape index (κ3) is 5.94. The minimum absolute atomic E-state index is 0.0860. The van der Waals surface area contributed by atoms with Crippen molar-refractivity contribution in [3.8, 4) is 0 Å². The maximum absolute atomic E-state index is 12.6. The van der Waals surface area contributed by atoms with Crippen molar-refractivity contribution >= 4 is 29.2 Å². The van der Waals surface area contributed by atoms with Crippen LogP contribution in [-0.2, 0) is 25.5 Å². The normalized spacial score (nSPS) is 16.8. The zero-order valence-corrected chi connectivity index (χ0v) is 18.4. The Kier molecular flexibility index (Phi) is 7.45. The molecule has 1 fully saturated rings. The quantitative estimate of drug-likeness (QED) is 0.645. The smallest absolute Gasteiger partial charge is 0.312 e. The summed E-state index contributed by atoms with van der Waals surface area (Å²) in [6.07, 6.45) is 2.42. The van der Waals surface area contributed by atoms with Gasteiger partial charge < -0.3 is 15.0 Å². The van der Waals surface area contributed by atoms with Crippen LogP contribution < -0.4 is 10.2 Å². The number of benzene rings is 2. The van der Waals surface area contributed by atoms with Crippen molar-refractivity contribution in [1.82, 2.24) is 0 Å². The first-order valence-corrected chi connectivity index (χ1v) is 10.8. The Hall–Kier alpha value is -3.15. The van der Waals surface area contributed by atoms with Crippen molar-refractivity contribution in [3.05, 3.63) is 59.7 Å². The van der Waals surface area contributed by atoms with Crippen LogP contribution in [0.3, 0.4) is 0 Å². The lowest BCUT2D eigenvalue weighted by atomic mass is 10.1. The van der Waals surface area contributed by atoms with Gasteiger partial charge in [0.05, 0.1) is 5.92 Å². The van der Waals surface area contributed by atoms with Gasteiger partial charge in [0.1, 0.15) is 0 Å². The molecule has 0 radical (unpaired) electrons. The largest absolute Gasteiger partial charge is 0.452 e. The van der Waals surface area contributed by atoms with E-state index in [-0.39, 0.29) is 18.9 Å². The number of amides is 2. The van der Waals surface area contributed by atoms with Gasteiger partial charge in [-0.1, -0.05) is 43.2 Å². The molecule has 164 valence electrons. The highest BCUT2D eigenvalue weighted by Gasteiger charge is 2.37. The number of nitrogens with zero attached hydrogens (tertiary/aromatic N) is 1. The summed E-state index contributed by atoms with van der Waals surface area (Å²) in [4.78, 5) is 39.0. The second-order valence-corrected chi connectivity index (χ2v) is 8.11. The van der Waals surface area contributed by atoms with Crippen molar-refractivity contribution < 1.29 is 19.1 Å². The summed E-state index contributed by atoms with van der Waals surface area (Å²) in [6.45, 7) is 5.91. The van der Waals surface area contributed by atoms with E-state index < -0.39 is 23.9 Å². The van der Waals surface area contributed by atoms with Crippen molar-refractivity contribution in [2.45, 2.75) is 52.6 Å². The molecule has 6 heteroatoms. The number of unbranched alkanes of at least 4 members (excludes halogenated alkanes) is 1. The molecule has 2 amide bonds. The molecule has 0 bridgehead atoms. The number of anilines is 2. The SMILES string of the molecule is CCCCc1ccc(N2C[C@@H](C(=O)O[C@@H](C)C(=O)Nc3ccc(C)cc3)CC2=O)cc1. The molecule has 0 unspecified atom stereocenters. The topological polar surface area (TPSA) is 75.7 Å². The summed E-state index contributed by atoms with van der Waals surface area (Å²) in [5.41, 5.74) is 3.75. The second kappa shape index (κ2) is 10.2. The molecular formula is C25H30N2O4. The first-order chi connectivity index (χ1) is 14.9. The molecule has 3 rings (SSSR count). The molecule has 2 aromatic rings. The average molecular weight is 423 g/mol. The van der Waals surface area contributed by atoms with Gasteiger partial charge in [0.2, 0.25) is 5.91 Å². The molecule has 2 atom stereocenters. The molecule has 0 spiro atoms. The Balaban J connectivity index is 1.54. The fraction of sp³-hybridized carbons (Fsp3) is 0.400. The highest BCUT2D eigenvalue weighted by Crippen LogP contribution is 2.27. The molecule has 1 N–H and O–H groups in total. The summed E-state index contributed by atoms with van der Waals surface area (Å²) in [5.74, 6) is -1.62. The third-order valence-corrected chi connectivity index (χ3v) is 5.51. The van der Waals surface area contributed by atoms with Gasteiger partial charge >= 0.3 is 5.97 Å². The molecule has 0 aliphatic carbocycles. The molecule has 0 saturated carbocycles. The highest BCUT2D eigenvalue weighted by atomic mass is 16.5. The van der Waals surface area contributed by atoms with E-state index in [1.54, 1.807) is 17.0 Å². The second-order valence-electron chi connectivity index (χ2n) is 8.11. The van der Waals surface area contributed by atoms with Crippen molar-refractivity contribution in [1.29, 1.82) is 0 Å². The average Bonchev–Trinajstić information content (AvgIpc) is 3.16. The summed E-state index contributed by atoms with van der Waals surface area (Å²) in [6, 6.07) is 15.3. The fourth-order valence-corrected chi connectivity index (χ4v) is 3.54. The van der Waals surface area contributed by atoms with E-state index in [9.17, 15) is 14.4 Å². The zero-order chi connectivity index (χ0) is 22.4. The Morgan fingerprint density at radius 2 is 1.81 bits per heavy atom. The van der Waals surface area contributed by atoms with E-state index in [4.69, 9.17) is 4.74 Å². The minimum atomic E-state index is -0.948. The molecule has 0 aromatic heterocycles. The van der Waals surface area contributed by atoms with E-state index in [0.29, 0.717) is 5.69 Å². The Bertz CT molecular complexity index is 922. The monoisotopic (exact) mass is 422 g/mol. The van der Waals surface area contributed by atoms with Gasteiger partial charge in [-0.15, -0.1) is 0 Å². The van der Waals surface area contributed by atoms with Crippen LogP contribution in [0.25, 0.3) is 0 Å². The number of aryl methyl sites for hydroxylation is 2. The lowest BCUT2D eigenvalue weighted by Gasteiger charge is -2.18. The van der Waals surface area contributed by atoms with Crippen LogP contribution >= 0.6 is 0 Å². The summed E-state index contributed by atoms with van der Waals surface area (Å²) >= 11 is 0. The molecule has 6 nitrogen and oxygen atoms in total. The third-order valence-electron chi connectivity index (χ3n) is 5.51. The number of hydrogen-bond acceptors (Lipinski definition) is 4. The molecule has 1 saturated heterocycles. The van der Waals surface area contributed by atoms with Gasteiger partial charge in [-0.2, -0.15) is 0 Å². The molecule has 1 heterocycles. The lowest BCUT2D eigenvalue weighted by Crippen LogP contribution is -2.33. The summed E-state index contributed by atoms with van der Waals surface area (Å²) in [7, 11) is 0. The highest BCUT2D eigenvalue weighted by molar-refractivity contribution is 6.00. The van der Waals surface area contributed by atoms with Crippen LogP contribution in [0.1, 0.15) is 44.2 Å². The molecule has 2 aromatic carbocycles. The first-order valence-electron chi connectivity index (χ1n) is 10.8. The number of ether oxygens (including phenoxy) is 1. The molecule has 1 aliphatic rings. The maximum Gasteiger partial charge on any atom is 0.312 e. The lowest BCUT2D eigenvalue weighted by molar-refractivity contribution is -0.157. The van der Waals surface area contributed by atoms with Crippen LogP contribution in [0.15, 0.2) is 48.5 Å². The van der Waals surface area contributed by atoms with Gasteiger partial charge in [-0.25, -0.2) is 0 Å². The van der Waals surface area contributed by atoms with E-state index in [0.717, 1.165) is 30.5 Å². The number of hydrogen-bond donors (Lipinski definition) is 1. The molecular weight excluding hydrogens is 392 g/mol. The van der Waals surface area contributed by atoms with E-state index in [1.165, 1.54) is 12.5 Å². The number of rotatable bonds is 8. The Morgan fingerprint density at radius 3 is 2.45 bits per heavy atom. The first kappa shape index (κ1) is 22.5. The fourth-order valence-electron chi connectivity index (χ4n) is 3.54. The van der Waals surface area contributed by atoms with Crippen molar-refractivity contribution in [2.24, 2.45) is 5.92 Å². The van der Waals surface area contributed by atoms with Gasteiger partial charge in [0.15, 0.2) is 6.10 Å². The summed E-state index contributed by atoms with van der Waals surface area (Å²) < 4.78 is 5.36. The maximum atomic E-state index is 12.6. The zero-order valence-electron chi connectivity index (χ0n) is 18.4. The van der Waals surface area contributed by atoms with Crippen LogP contribution in [-0.4, -0.2) is 30.4 Å². The summed E-state index contributed by atoms with van der Waals surface area (Å²) in [5, 5.41) is 2.73. The predicted molar refractivity (Wildman–Crippen MR) is 121 cm³/mol. The number of carbonyl (C=O) groups excluding carboxylic acids is 3. The van der Waals surface area contributed by atoms with E-state index in [1.807, 2.05) is 43.3 Å². The number of carbonyl (C=O) groups is 3. The van der Waals surface area contributed by atoms with Crippen LogP contribution in [0.2, 0.25) is 0 Å². The minimum Gasteiger partial charge on any atom is -0.452 e. The van der Waals surface area contributed by atoms with Gasteiger partial charge in [-0.05, 0) is 56.5 Å². The Morgan fingerprint density at radius 1 is 1.13 bits per heavy atom. The van der Waals surface area contributed by atoms with Gasteiger partial charge in [-0.3, -0.25) is 14.4 Å². The van der Waals surface area contributed by atoms with Gasteiger partial charge in [0.25, 0.3) is 5.91 Å². The van der Waals surface area contributed by atoms with Crippen molar-refractivity contribution in [3.63, 3.8) is 0 Å². The Labute approximate surface area is 183 Å². The van der Waals surface area contributed by atoms with Crippen molar-refractivity contribution in [2.75, 3.05) is 16.8 Å². The van der Waals surface area contributed by atoms with Gasteiger partial charge in [0, 0.05) is 24.3 Å². The van der Waals surface area contributed by atoms with Crippen LogP contribution in [0.4, 0.5) is 11.4 Å². The molecule has 31 heavy (non-hydrogen) atoms. The number of nitrogens with one attached hydrogen (secondary N) is 1. The van der Waals surface area contributed by atoms with Crippen LogP contribution in [0, 0.1) is 12.8 Å². The van der Waals surface area contributed by atoms with E-state index >= 15 is 0 Å². The predicted octanol–water partition coefficient (Wildman–Crippen LogP) is 4.26. The number of esters is 1. The van der Waals surface area contributed by atoms with Crippen LogP contribution in [0.5, 0.6) is 0 Å².